The molecule has 24 heavy (non-hydrogen) atoms. The van der Waals surface area contributed by atoms with Crippen molar-refractivity contribution in [2.75, 3.05) is 13.2 Å². The molecule has 3 aromatic rings. The zero-order chi connectivity index (χ0) is 16.8. The van der Waals surface area contributed by atoms with Gasteiger partial charge in [-0.1, -0.05) is 24.3 Å². The summed E-state index contributed by atoms with van der Waals surface area (Å²) in [6.45, 7) is 0.753. The van der Waals surface area contributed by atoms with Gasteiger partial charge in [0.2, 0.25) is 5.91 Å². The predicted molar refractivity (Wildman–Crippen MR) is 92.4 cm³/mol. The second-order valence-electron chi connectivity index (χ2n) is 5.30. The summed E-state index contributed by atoms with van der Waals surface area (Å²) in [5.41, 5.74) is 1.80. The zero-order valence-electron chi connectivity index (χ0n) is 13.0. The van der Waals surface area contributed by atoms with Gasteiger partial charge in [-0.3, -0.25) is 4.79 Å². The molecular formula is C18H17FN2O2S. The van der Waals surface area contributed by atoms with E-state index in [1.807, 2.05) is 30.3 Å². The van der Waals surface area contributed by atoms with Crippen molar-refractivity contribution in [1.82, 2.24) is 10.3 Å². The Hall–Kier alpha value is -2.31. The summed E-state index contributed by atoms with van der Waals surface area (Å²) in [4.78, 5) is 16.2. The van der Waals surface area contributed by atoms with Gasteiger partial charge in [0.25, 0.3) is 0 Å². The summed E-state index contributed by atoms with van der Waals surface area (Å²) in [6, 6.07) is 14.2. The number of thiazole rings is 1. The number of carbonyl (C=O) groups is 1. The lowest BCUT2D eigenvalue weighted by Gasteiger charge is -2.05. The number of hydrogen-bond donors (Lipinski definition) is 1. The van der Waals surface area contributed by atoms with E-state index in [4.69, 9.17) is 4.74 Å². The van der Waals surface area contributed by atoms with E-state index in [-0.39, 0.29) is 18.3 Å². The smallest absolute Gasteiger partial charge is 0.246 e. The first-order valence-electron chi connectivity index (χ1n) is 7.64. The van der Waals surface area contributed by atoms with Crippen LogP contribution in [0.4, 0.5) is 4.39 Å². The second-order valence-corrected chi connectivity index (χ2v) is 6.41. The Bertz CT molecular complexity index is 802. The predicted octanol–water partition coefficient (Wildman–Crippen LogP) is 3.31. The molecule has 0 unspecified atom stereocenters. The zero-order valence-corrected chi connectivity index (χ0v) is 13.8. The molecule has 0 saturated heterocycles. The highest BCUT2D eigenvalue weighted by Gasteiger charge is 2.06. The fourth-order valence-corrected chi connectivity index (χ4v) is 3.21. The molecule has 0 saturated carbocycles. The van der Waals surface area contributed by atoms with Crippen LogP contribution in [0, 0.1) is 5.82 Å². The highest BCUT2D eigenvalue weighted by Crippen LogP contribution is 2.21. The minimum Gasteiger partial charge on any atom is -0.364 e. The number of nitrogens with one attached hydrogen (secondary N) is 1. The summed E-state index contributed by atoms with van der Waals surface area (Å²) < 4.78 is 19.6. The van der Waals surface area contributed by atoms with Crippen LogP contribution in [-0.2, 0) is 22.6 Å². The highest BCUT2D eigenvalue weighted by atomic mass is 32.1. The van der Waals surface area contributed by atoms with Gasteiger partial charge in [0.05, 0.1) is 16.8 Å². The molecule has 0 aliphatic carbocycles. The van der Waals surface area contributed by atoms with Gasteiger partial charge in [0.1, 0.15) is 17.4 Å². The highest BCUT2D eigenvalue weighted by molar-refractivity contribution is 7.18. The van der Waals surface area contributed by atoms with E-state index < -0.39 is 0 Å². The number of benzene rings is 2. The fraction of sp³-hybridized carbons (Fsp3) is 0.222. The fourth-order valence-electron chi connectivity index (χ4n) is 2.30. The van der Waals surface area contributed by atoms with Crippen molar-refractivity contribution >= 4 is 27.5 Å². The van der Waals surface area contributed by atoms with E-state index in [1.54, 1.807) is 17.4 Å². The second kappa shape index (κ2) is 7.99. The van der Waals surface area contributed by atoms with Gasteiger partial charge in [-0.15, -0.1) is 11.3 Å². The Kier molecular flexibility index (Phi) is 5.51. The maximum absolute atomic E-state index is 13.0. The quantitative estimate of drug-likeness (QED) is 0.715. The van der Waals surface area contributed by atoms with Crippen molar-refractivity contribution in [1.29, 1.82) is 0 Å². The first-order valence-corrected chi connectivity index (χ1v) is 8.46. The standard InChI is InChI=1S/C18H17FN2O2S/c19-14-5-3-4-13(10-14)8-9-20-17(22)11-23-12-18-21-15-6-1-2-7-16(15)24-18/h1-7,10H,8-9,11-12H2,(H,20,22). The first-order chi connectivity index (χ1) is 11.7. The van der Waals surface area contributed by atoms with Crippen molar-refractivity contribution in [2.45, 2.75) is 13.0 Å². The summed E-state index contributed by atoms with van der Waals surface area (Å²) in [5, 5.41) is 3.61. The van der Waals surface area contributed by atoms with Crippen molar-refractivity contribution in [3.05, 3.63) is 64.9 Å². The van der Waals surface area contributed by atoms with Gasteiger partial charge in [0.15, 0.2) is 0 Å². The van der Waals surface area contributed by atoms with Gasteiger partial charge >= 0.3 is 0 Å². The van der Waals surface area contributed by atoms with E-state index >= 15 is 0 Å². The third kappa shape index (κ3) is 4.59. The van der Waals surface area contributed by atoms with Crippen molar-refractivity contribution in [3.63, 3.8) is 0 Å². The van der Waals surface area contributed by atoms with Crippen LogP contribution in [0.2, 0.25) is 0 Å². The monoisotopic (exact) mass is 344 g/mol. The van der Waals surface area contributed by atoms with Crippen LogP contribution in [0.15, 0.2) is 48.5 Å². The molecule has 1 aromatic heterocycles. The van der Waals surface area contributed by atoms with Gasteiger partial charge in [-0.25, -0.2) is 9.37 Å². The number of aromatic nitrogens is 1. The molecule has 1 heterocycles. The Morgan fingerprint density at radius 1 is 1.21 bits per heavy atom. The molecule has 1 N–H and O–H groups in total. The maximum Gasteiger partial charge on any atom is 0.246 e. The third-order valence-electron chi connectivity index (χ3n) is 3.42. The molecular weight excluding hydrogens is 327 g/mol. The van der Waals surface area contributed by atoms with Gasteiger partial charge in [-0.2, -0.15) is 0 Å². The lowest BCUT2D eigenvalue weighted by atomic mass is 10.1. The van der Waals surface area contributed by atoms with Gasteiger partial charge < -0.3 is 10.1 Å². The molecule has 0 fully saturated rings. The molecule has 3 rings (SSSR count). The summed E-state index contributed by atoms with van der Waals surface area (Å²) in [7, 11) is 0. The maximum atomic E-state index is 13.0. The first kappa shape index (κ1) is 16.5. The van der Waals surface area contributed by atoms with Crippen molar-refractivity contribution in [2.24, 2.45) is 0 Å². The minimum absolute atomic E-state index is 0.0148. The normalized spacial score (nSPS) is 10.9. The molecule has 0 aliphatic rings. The number of halogens is 1. The lowest BCUT2D eigenvalue weighted by Crippen LogP contribution is -2.29. The summed E-state index contributed by atoms with van der Waals surface area (Å²) in [6.07, 6.45) is 0.585. The van der Waals surface area contributed by atoms with Crippen LogP contribution in [0.25, 0.3) is 10.2 Å². The molecule has 1 amide bonds. The van der Waals surface area contributed by atoms with Gasteiger partial charge in [-0.05, 0) is 36.2 Å². The topological polar surface area (TPSA) is 51.2 Å². The Morgan fingerprint density at radius 2 is 2.08 bits per heavy atom. The summed E-state index contributed by atoms with van der Waals surface area (Å²) >= 11 is 1.56. The van der Waals surface area contributed by atoms with E-state index in [2.05, 4.69) is 10.3 Å². The van der Waals surface area contributed by atoms with Crippen molar-refractivity contribution in [3.8, 4) is 0 Å². The number of rotatable bonds is 7. The largest absolute Gasteiger partial charge is 0.364 e. The van der Waals surface area contributed by atoms with E-state index in [9.17, 15) is 9.18 Å². The molecule has 2 aromatic carbocycles. The Balaban J connectivity index is 1.38. The molecule has 0 aliphatic heterocycles. The van der Waals surface area contributed by atoms with E-state index in [0.29, 0.717) is 19.6 Å². The number of fused-ring (bicyclic) bond motifs is 1. The number of ether oxygens (including phenoxy) is 1. The molecule has 0 spiro atoms. The molecule has 0 atom stereocenters. The molecule has 4 nitrogen and oxygen atoms in total. The van der Waals surface area contributed by atoms with E-state index in [1.165, 1.54) is 12.1 Å². The summed E-state index contributed by atoms with van der Waals surface area (Å²) in [5.74, 6) is -0.453. The number of carbonyl (C=O) groups excluding carboxylic acids is 1. The SMILES string of the molecule is O=C(COCc1nc2ccccc2s1)NCCc1cccc(F)c1. The average Bonchev–Trinajstić information content (AvgIpc) is 2.97. The molecule has 124 valence electrons. The van der Waals surface area contributed by atoms with Crippen LogP contribution in [0.5, 0.6) is 0 Å². The van der Waals surface area contributed by atoms with Crippen LogP contribution in [-0.4, -0.2) is 24.0 Å². The number of nitrogens with zero attached hydrogens (tertiary/aromatic N) is 1. The Morgan fingerprint density at radius 3 is 2.92 bits per heavy atom. The van der Waals surface area contributed by atoms with Crippen molar-refractivity contribution < 1.29 is 13.9 Å². The third-order valence-corrected chi connectivity index (χ3v) is 4.43. The molecule has 6 heteroatoms. The molecule has 0 bridgehead atoms. The molecule has 0 radical (unpaired) electrons. The van der Waals surface area contributed by atoms with Gasteiger partial charge in [0, 0.05) is 6.54 Å². The number of amides is 1. The van der Waals surface area contributed by atoms with Crippen LogP contribution in [0.3, 0.4) is 0 Å². The van der Waals surface area contributed by atoms with Crippen LogP contribution < -0.4 is 5.32 Å². The minimum atomic E-state index is -0.266. The average molecular weight is 344 g/mol. The Labute approximate surface area is 143 Å². The number of hydrogen-bond acceptors (Lipinski definition) is 4. The lowest BCUT2D eigenvalue weighted by molar-refractivity contribution is -0.126. The number of para-hydroxylation sites is 1. The van der Waals surface area contributed by atoms with E-state index in [0.717, 1.165) is 20.8 Å². The van der Waals surface area contributed by atoms with Crippen LogP contribution in [0.1, 0.15) is 10.6 Å². The van der Waals surface area contributed by atoms with Crippen LogP contribution >= 0.6 is 11.3 Å².